The third kappa shape index (κ3) is 2.82. The van der Waals surface area contributed by atoms with E-state index >= 15 is 0 Å². The summed E-state index contributed by atoms with van der Waals surface area (Å²) >= 11 is 0. The van der Waals surface area contributed by atoms with Gasteiger partial charge in [-0.1, -0.05) is 0 Å². The maximum Gasteiger partial charge on any atom is 0.316 e. The van der Waals surface area contributed by atoms with E-state index in [0.717, 1.165) is 19.6 Å². The monoisotopic (exact) mass is 272 g/mol. The highest BCUT2D eigenvalue weighted by Crippen LogP contribution is 2.18. The molecule has 1 atom stereocenters. The van der Waals surface area contributed by atoms with Gasteiger partial charge in [0, 0.05) is 43.4 Å². The van der Waals surface area contributed by atoms with Crippen LogP contribution >= 0.6 is 0 Å². The number of ether oxygens (including phenoxy) is 1. The molecule has 106 valence electrons. The summed E-state index contributed by atoms with van der Waals surface area (Å²) in [7, 11) is 0. The van der Waals surface area contributed by atoms with Crippen molar-refractivity contribution in [1.29, 1.82) is 0 Å². The molecule has 1 aliphatic heterocycles. The van der Waals surface area contributed by atoms with Crippen LogP contribution in [0.3, 0.4) is 0 Å². The van der Waals surface area contributed by atoms with Crippen molar-refractivity contribution in [3.8, 4) is 6.01 Å². The largest absolute Gasteiger partial charge is 0.457 e. The fourth-order valence-electron chi connectivity index (χ4n) is 2.55. The van der Waals surface area contributed by atoms with Gasteiger partial charge in [0.15, 0.2) is 0 Å². The number of fused-ring (bicyclic) bond motifs is 1. The number of hydrogen-bond acceptors (Lipinski definition) is 4. The molecule has 1 aliphatic rings. The van der Waals surface area contributed by atoms with E-state index in [1.165, 1.54) is 5.69 Å². The van der Waals surface area contributed by atoms with Crippen LogP contribution in [0.4, 0.5) is 0 Å². The first-order valence-electron chi connectivity index (χ1n) is 7.04. The highest BCUT2D eigenvalue weighted by Gasteiger charge is 2.24. The van der Waals surface area contributed by atoms with E-state index in [1.54, 1.807) is 18.5 Å². The second-order valence-electron chi connectivity index (χ2n) is 5.45. The molecule has 2 aromatic rings. The van der Waals surface area contributed by atoms with Gasteiger partial charge in [0.25, 0.3) is 0 Å². The van der Waals surface area contributed by atoms with Gasteiger partial charge >= 0.3 is 6.01 Å². The van der Waals surface area contributed by atoms with Gasteiger partial charge in [0.1, 0.15) is 6.10 Å². The van der Waals surface area contributed by atoms with Crippen LogP contribution in [0.2, 0.25) is 0 Å². The van der Waals surface area contributed by atoms with Crippen molar-refractivity contribution in [1.82, 2.24) is 19.4 Å². The first-order valence-corrected chi connectivity index (χ1v) is 7.04. The number of hydrogen-bond donors (Lipinski definition) is 0. The molecular weight excluding hydrogens is 252 g/mol. The predicted octanol–water partition coefficient (Wildman–Crippen LogP) is 1.95. The molecule has 3 rings (SSSR count). The fourth-order valence-corrected chi connectivity index (χ4v) is 2.55. The Morgan fingerprint density at radius 1 is 1.20 bits per heavy atom. The first kappa shape index (κ1) is 13.1. The summed E-state index contributed by atoms with van der Waals surface area (Å²) in [5.74, 6) is 0. The molecule has 2 aromatic heterocycles. The fraction of sp³-hybridized carbons (Fsp3) is 0.467. The minimum atomic E-state index is 0.0634. The lowest BCUT2D eigenvalue weighted by molar-refractivity contribution is 0.102. The average Bonchev–Trinajstić information content (AvgIpc) is 2.79. The normalized spacial score (nSPS) is 19.6. The molecular formula is C15H20N4O. The highest BCUT2D eigenvalue weighted by atomic mass is 16.5. The van der Waals surface area contributed by atoms with Gasteiger partial charge in [0.2, 0.25) is 0 Å². The molecule has 0 aromatic carbocycles. The zero-order chi connectivity index (χ0) is 13.9. The van der Waals surface area contributed by atoms with Gasteiger partial charge < -0.3 is 9.30 Å². The molecule has 0 spiro atoms. The van der Waals surface area contributed by atoms with E-state index in [4.69, 9.17) is 4.74 Å². The van der Waals surface area contributed by atoms with E-state index in [2.05, 4.69) is 51.6 Å². The molecule has 5 heteroatoms. The second-order valence-corrected chi connectivity index (χ2v) is 5.45. The lowest BCUT2D eigenvalue weighted by Crippen LogP contribution is -2.38. The average molecular weight is 272 g/mol. The molecule has 0 N–H and O–H groups in total. The zero-order valence-electron chi connectivity index (χ0n) is 11.9. The van der Waals surface area contributed by atoms with Crippen molar-refractivity contribution in [3.05, 3.63) is 42.5 Å². The summed E-state index contributed by atoms with van der Waals surface area (Å²) in [6.45, 7) is 7.12. The van der Waals surface area contributed by atoms with Gasteiger partial charge in [-0.05, 0) is 32.0 Å². The predicted molar refractivity (Wildman–Crippen MR) is 76.4 cm³/mol. The van der Waals surface area contributed by atoms with Crippen LogP contribution in [0.5, 0.6) is 6.01 Å². The van der Waals surface area contributed by atoms with E-state index < -0.39 is 0 Å². The molecule has 3 heterocycles. The Balaban J connectivity index is 1.80. The maximum atomic E-state index is 5.96. The minimum Gasteiger partial charge on any atom is -0.457 e. The second kappa shape index (κ2) is 5.63. The van der Waals surface area contributed by atoms with Crippen LogP contribution in [-0.2, 0) is 13.1 Å². The molecule has 0 aliphatic carbocycles. The Bertz CT molecular complexity index is 552. The third-order valence-corrected chi connectivity index (χ3v) is 3.67. The van der Waals surface area contributed by atoms with Gasteiger partial charge in [-0.3, -0.25) is 4.90 Å². The van der Waals surface area contributed by atoms with Crippen molar-refractivity contribution in [2.45, 2.75) is 39.1 Å². The summed E-state index contributed by atoms with van der Waals surface area (Å²) < 4.78 is 8.22. The van der Waals surface area contributed by atoms with Gasteiger partial charge in [-0.25, -0.2) is 9.97 Å². The Hall–Kier alpha value is -1.88. The quantitative estimate of drug-likeness (QED) is 0.856. The van der Waals surface area contributed by atoms with Crippen molar-refractivity contribution >= 4 is 0 Å². The lowest BCUT2D eigenvalue weighted by atomic mass is 10.2. The van der Waals surface area contributed by atoms with Crippen LogP contribution in [0, 0.1) is 0 Å². The van der Waals surface area contributed by atoms with Crippen LogP contribution in [0.1, 0.15) is 19.5 Å². The Labute approximate surface area is 119 Å². The molecule has 5 nitrogen and oxygen atoms in total. The topological polar surface area (TPSA) is 43.2 Å². The summed E-state index contributed by atoms with van der Waals surface area (Å²) in [4.78, 5) is 10.7. The number of aromatic nitrogens is 3. The van der Waals surface area contributed by atoms with Gasteiger partial charge in [0.05, 0.1) is 6.54 Å². The summed E-state index contributed by atoms with van der Waals surface area (Å²) in [5, 5.41) is 0. The first-order chi connectivity index (χ1) is 9.72. The molecule has 0 unspecified atom stereocenters. The molecule has 0 fully saturated rings. The molecule has 0 amide bonds. The SMILES string of the molecule is CC(C)N1Cc2cccn2C[C@H](Oc2ncccn2)C1. The Morgan fingerprint density at radius 2 is 2.00 bits per heavy atom. The summed E-state index contributed by atoms with van der Waals surface area (Å²) in [6, 6.07) is 7.01. The van der Waals surface area contributed by atoms with Crippen LogP contribution in [0.25, 0.3) is 0 Å². The van der Waals surface area contributed by atoms with Crippen molar-refractivity contribution in [2.24, 2.45) is 0 Å². The molecule has 0 radical (unpaired) electrons. The van der Waals surface area contributed by atoms with Gasteiger partial charge in [-0.15, -0.1) is 0 Å². The van der Waals surface area contributed by atoms with E-state index in [-0.39, 0.29) is 6.10 Å². The van der Waals surface area contributed by atoms with E-state index in [1.807, 2.05) is 0 Å². The summed E-state index contributed by atoms with van der Waals surface area (Å²) in [5.41, 5.74) is 1.33. The zero-order valence-corrected chi connectivity index (χ0v) is 11.9. The van der Waals surface area contributed by atoms with E-state index in [0.29, 0.717) is 12.1 Å². The summed E-state index contributed by atoms with van der Waals surface area (Å²) in [6.07, 6.45) is 5.59. The van der Waals surface area contributed by atoms with Crippen LogP contribution < -0.4 is 4.74 Å². The lowest BCUT2D eigenvalue weighted by Gasteiger charge is -2.27. The third-order valence-electron chi connectivity index (χ3n) is 3.67. The number of rotatable bonds is 3. The van der Waals surface area contributed by atoms with Crippen molar-refractivity contribution < 1.29 is 4.74 Å². The van der Waals surface area contributed by atoms with Crippen LogP contribution in [-0.4, -0.2) is 38.1 Å². The molecule has 0 saturated carbocycles. The highest BCUT2D eigenvalue weighted by molar-refractivity contribution is 5.09. The van der Waals surface area contributed by atoms with Crippen molar-refractivity contribution in [3.63, 3.8) is 0 Å². The Kier molecular flexibility index (Phi) is 3.69. The van der Waals surface area contributed by atoms with Gasteiger partial charge in [-0.2, -0.15) is 0 Å². The molecule has 0 bridgehead atoms. The smallest absolute Gasteiger partial charge is 0.316 e. The molecule has 0 saturated heterocycles. The number of nitrogens with zero attached hydrogens (tertiary/aromatic N) is 4. The van der Waals surface area contributed by atoms with E-state index in [9.17, 15) is 0 Å². The Morgan fingerprint density at radius 3 is 2.75 bits per heavy atom. The minimum absolute atomic E-state index is 0.0634. The molecule has 20 heavy (non-hydrogen) atoms. The van der Waals surface area contributed by atoms with Crippen molar-refractivity contribution in [2.75, 3.05) is 6.54 Å². The standard InChI is InChI=1S/C15H20N4O/c1-12(2)19-9-13-5-3-8-18(13)10-14(11-19)20-15-16-6-4-7-17-15/h3-8,12,14H,9-11H2,1-2H3/t14-/m0/s1. The van der Waals surface area contributed by atoms with Crippen LogP contribution in [0.15, 0.2) is 36.8 Å². The maximum absolute atomic E-state index is 5.96.